The average Bonchev–Trinajstić information content (AvgIpc) is 3.05. The van der Waals surface area contributed by atoms with Crippen LogP contribution in [0.2, 0.25) is 5.02 Å². The average molecular weight is 349 g/mol. The third-order valence-corrected chi connectivity index (χ3v) is 5.49. The number of nitrogens with zero attached hydrogens (tertiary/aromatic N) is 2. The lowest BCUT2D eigenvalue weighted by Gasteiger charge is -2.31. The van der Waals surface area contributed by atoms with E-state index in [2.05, 4.69) is 11.0 Å². The van der Waals surface area contributed by atoms with Gasteiger partial charge >= 0.3 is 0 Å². The molecule has 2 aliphatic heterocycles. The lowest BCUT2D eigenvalue weighted by molar-refractivity contribution is 0.0351. The van der Waals surface area contributed by atoms with E-state index in [1.165, 1.54) is 0 Å². The first-order valence-electron chi connectivity index (χ1n) is 8.83. The fraction of sp³-hybridized carbons (Fsp3) is 0.632. The molecule has 5 heteroatoms. The van der Waals surface area contributed by atoms with Gasteiger partial charge in [0, 0.05) is 26.3 Å². The molecule has 1 atom stereocenters. The van der Waals surface area contributed by atoms with Gasteiger partial charge in [-0.1, -0.05) is 23.7 Å². The molecule has 0 amide bonds. The lowest BCUT2D eigenvalue weighted by Crippen LogP contribution is -2.30. The van der Waals surface area contributed by atoms with Gasteiger partial charge in [-0.2, -0.15) is 5.26 Å². The zero-order valence-electron chi connectivity index (χ0n) is 14.0. The highest BCUT2D eigenvalue weighted by atomic mass is 35.5. The van der Waals surface area contributed by atoms with Crippen LogP contribution in [0.4, 0.5) is 0 Å². The molecule has 1 unspecified atom stereocenters. The summed E-state index contributed by atoms with van der Waals surface area (Å²) >= 11 is 6.16. The Kier molecular flexibility index (Phi) is 5.99. The maximum Gasteiger partial charge on any atom is 0.138 e. The summed E-state index contributed by atoms with van der Waals surface area (Å²) in [7, 11) is 0. The van der Waals surface area contributed by atoms with Crippen molar-refractivity contribution >= 4 is 11.6 Å². The first-order chi connectivity index (χ1) is 11.7. The number of hydrogen-bond donors (Lipinski definition) is 0. The van der Waals surface area contributed by atoms with E-state index in [9.17, 15) is 5.26 Å². The normalized spacial score (nSPS) is 23.8. The molecule has 3 rings (SSSR count). The number of likely N-dealkylation sites (tertiary alicyclic amines) is 1. The highest BCUT2D eigenvalue weighted by Crippen LogP contribution is 2.35. The minimum atomic E-state index is -0.161. The molecule has 1 aromatic rings. The summed E-state index contributed by atoms with van der Waals surface area (Å²) in [5.41, 5.74) is -0.161. The van der Waals surface area contributed by atoms with Crippen molar-refractivity contribution < 1.29 is 9.47 Å². The molecule has 4 nitrogen and oxygen atoms in total. The standard InChI is InChI=1S/C19H25ClN2O2/c20-17-4-1-2-5-18(17)24-16-6-11-22(14-16)10-3-7-19(15-21)8-12-23-13-9-19/h1-2,4-5,16H,3,6-14H2. The Morgan fingerprint density at radius 2 is 2.12 bits per heavy atom. The molecule has 0 saturated carbocycles. The van der Waals surface area contributed by atoms with Gasteiger partial charge in [-0.25, -0.2) is 0 Å². The van der Waals surface area contributed by atoms with E-state index in [4.69, 9.17) is 21.1 Å². The van der Waals surface area contributed by atoms with Crippen molar-refractivity contribution in [2.75, 3.05) is 32.8 Å². The van der Waals surface area contributed by atoms with E-state index in [0.29, 0.717) is 5.02 Å². The molecule has 1 aromatic carbocycles. The summed E-state index contributed by atoms with van der Waals surface area (Å²) in [5, 5.41) is 10.2. The van der Waals surface area contributed by atoms with E-state index >= 15 is 0 Å². The van der Waals surface area contributed by atoms with Crippen LogP contribution in [0.3, 0.4) is 0 Å². The molecule has 24 heavy (non-hydrogen) atoms. The topological polar surface area (TPSA) is 45.5 Å². The third kappa shape index (κ3) is 4.42. The van der Waals surface area contributed by atoms with Crippen molar-refractivity contribution in [3.8, 4) is 11.8 Å². The number of benzene rings is 1. The fourth-order valence-corrected chi connectivity index (χ4v) is 3.82. The molecule has 2 fully saturated rings. The lowest BCUT2D eigenvalue weighted by atomic mass is 9.78. The zero-order valence-corrected chi connectivity index (χ0v) is 14.8. The summed E-state index contributed by atoms with van der Waals surface area (Å²) in [6, 6.07) is 10.2. The fourth-order valence-electron chi connectivity index (χ4n) is 3.64. The minimum absolute atomic E-state index is 0.161. The highest BCUT2D eigenvalue weighted by Gasteiger charge is 2.32. The maximum atomic E-state index is 9.51. The van der Waals surface area contributed by atoms with Crippen molar-refractivity contribution in [1.82, 2.24) is 4.90 Å². The van der Waals surface area contributed by atoms with E-state index < -0.39 is 0 Å². The Bertz CT molecular complexity index is 581. The number of ether oxygens (including phenoxy) is 2. The predicted molar refractivity (Wildman–Crippen MR) is 94.3 cm³/mol. The van der Waals surface area contributed by atoms with E-state index in [1.54, 1.807) is 0 Å². The summed E-state index contributed by atoms with van der Waals surface area (Å²) in [6.07, 6.45) is 5.02. The summed E-state index contributed by atoms with van der Waals surface area (Å²) < 4.78 is 11.4. The van der Waals surface area contributed by atoms with Gasteiger partial charge in [0.15, 0.2) is 0 Å². The van der Waals surface area contributed by atoms with Crippen molar-refractivity contribution in [2.24, 2.45) is 5.41 Å². The van der Waals surface area contributed by atoms with Gasteiger partial charge < -0.3 is 9.47 Å². The smallest absolute Gasteiger partial charge is 0.138 e. The molecule has 0 spiro atoms. The van der Waals surface area contributed by atoms with Gasteiger partial charge in [-0.15, -0.1) is 0 Å². The predicted octanol–water partition coefficient (Wildman–Crippen LogP) is 3.89. The van der Waals surface area contributed by atoms with Gasteiger partial charge in [0.1, 0.15) is 11.9 Å². The number of rotatable bonds is 6. The molecule has 0 aliphatic carbocycles. The van der Waals surface area contributed by atoms with Crippen LogP contribution in [0.25, 0.3) is 0 Å². The quantitative estimate of drug-likeness (QED) is 0.782. The van der Waals surface area contributed by atoms with Crippen LogP contribution in [0.15, 0.2) is 24.3 Å². The Morgan fingerprint density at radius 1 is 1.33 bits per heavy atom. The molecular weight excluding hydrogens is 324 g/mol. The van der Waals surface area contributed by atoms with Crippen molar-refractivity contribution in [2.45, 2.75) is 38.2 Å². The molecule has 2 saturated heterocycles. The monoisotopic (exact) mass is 348 g/mol. The molecular formula is C19H25ClN2O2. The zero-order chi connectivity index (χ0) is 16.8. The second-order valence-electron chi connectivity index (χ2n) is 6.87. The van der Waals surface area contributed by atoms with Crippen molar-refractivity contribution in [3.05, 3.63) is 29.3 Å². The summed E-state index contributed by atoms with van der Waals surface area (Å²) in [6.45, 7) is 4.48. The molecule has 0 bridgehead atoms. The van der Waals surface area contributed by atoms with Crippen LogP contribution in [0.1, 0.15) is 32.1 Å². The molecule has 0 radical (unpaired) electrons. The largest absolute Gasteiger partial charge is 0.487 e. The van der Waals surface area contributed by atoms with Crippen LogP contribution < -0.4 is 4.74 Å². The second-order valence-corrected chi connectivity index (χ2v) is 7.27. The molecule has 0 aromatic heterocycles. The van der Waals surface area contributed by atoms with Crippen LogP contribution in [-0.4, -0.2) is 43.9 Å². The van der Waals surface area contributed by atoms with Crippen LogP contribution in [0, 0.1) is 16.7 Å². The Labute approximate surface area is 149 Å². The number of para-hydroxylation sites is 1. The first kappa shape index (κ1) is 17.5. The van der Waals surface area contributed by atoms with Crippen LogP contribution >= 0.6 is 11.6 Å². The Hall–Kier alpha value is -1.28. The van der Waals surface area contributed by atoms with Crippen LogP contribution in [0.5, 0.6) is 5.75 Å². The van der Waals surface area contributed by atoms with E-state index in [-0.39, 0.29) is 11.5 Å². The third-order valence-electron chi connectivity index (χ3n) is 5.18. The number of hydrogen-bond acceptors (Lipinski definition) is 4. The summed E-state index contributed by atoms with van der Waals surface area (Å²) in [4.78, 5) is 2.44. The van der Waals surface area contributed by atoms with Crippen LogP contribution in [-0.2, 0) is 4.74 Å². The van der Waals surface area contributed by atoms with Gasteiger partial charge in [0.05, 0.1) is 16.5 Å². The van der Waals surface area contributed by atoms with Crippen molar-refractivity contribution in [3.63, 3.8) is 0 Å². The molecule has 130 valence electrons. The SMILES string of the molecule is N#CC1(CCCN2CCC(Oc3ccccc3Cl)C2)CCOCC1. The van der Waals surface area contributed by atoms with Gasteiger partial charge in [-0.05, 0) is 50.8 Å². The first-order valence-corrected chi connectivity index (χ1v) is 9.21. The maximum absolute atomic E-state index is 9.51. The number of nitriles is 1. The van der Waals surface area contributed by atoms with Gasteiger partial charge in [0.25, 0.3) is 0 Å². The van der Waals surface area contributed by atoms with Gasteiger partial charge in [-0.3, -0.25) is 4.90 Å². The summed E-state index contributed by atoms with van der Waals surface area (Å²) in [5.74, 6) is 0.775. The Morgan fingerprint density at radius 3 is 2.88 bits per heavy atom. The van der Waals surface area contributed by atoms with E-state index in [1.807, 2.05) is 24.3 Å². The van der Waals surface area contributed by atoms with Crippen molar-refractivity contribution in [1.29, 1.82) is 5.26 Å². The minimum Gasteiger partial charge on any atom is -0.487 e. The second kappa shape index (κ2) is 8.20. The number of halogens is 1. The molecule has 0 N–H and O–H groups in total. The molecule has 2 aliphatic rings. The van der Waals surface area contributed by atoms with Gasteiger partial charge in [0.2, 0.25) is 0 Å². The highest BCUT2D eigenvalue weighted by molar-refractivity contribution is 6.32. The van der Waals surface area contributed by atoms with E-state index in [0.717, 1.165) is 70.7 Å². The molecule has 2 heterocycles. The Balaban J connectivity index is 1.42.